The van der Waals surface area contributed by atoms with E-state index in [4.69, 9.17) is 0 Å². The van der Waals surface area contributed by atoms with Gasteiger partial charge in [-0.3, -0.25) is 4.79 Å². The van der Waals surface area contributed by atoms with Crippen molar-refractivity contribution in [3.63, 3.8) is 0 Å². The van der Waals surface area contributed by atoms with Gasteiger partial charge in [0.1, 0.15) is 5.82 Å². The number of ketones is 1. The van der Waals surface area contributed by atoms with E-state index >= 15 is 0 Å². The van der Waals surface area contributed by atoms with Crippen LogP contribution < -0.4 is 0 Å². The van der Waals surface area contributed by atoms with Gasteiger partial charge in [-0.1, -0.05) is 0 Å². The highest BCUT2D eigenvalue weighted by molar-refractivity contribution is 9.11. The first-order valence-corrected chi connectivity index (χ1v) is 7.19. The zero-order valence-corrected chi connectivity index (χ0v) is 12.5. The van der Waals surface area contributed by atoms with Crippen molar-refractivity contribution in [3.05, 3.63) is 54.8 Å². The molecule has 1 aromatic heterocycles. The Bertz CT molecular complexity index is 565. The molecular weight excluding hydrogens is 371 g/mol. The third-order valence-corrected chi connectivity index (χ3v) is 4.47. The Balaban J connectivity index is 2.20. The molecule has 0 fully saturated rings. The van der Waals surface area contributed by atoms with Crippen LogP contribution in [0, 0.1) is 5.82 Å². The Morgan fingerprint density at radius 3 is 2.59 bits per heavy atom. The number of benzene rings is 1. The molecule has 0 N–H and O–H groups in total. The first kappa shape index (κ1) is 12.9. The first-order valence-electron chi connectivity index (χ1n) is 4.79. The highest BCUT2D eigenvalue weighted by Gasteiger charge is 2.12. The van der Waals surface area contributed by atoms with Gasteiger partial charge in [0.25, 0.3) is 0 Å². The average Bonchev–Trinajstić information content (AvgIpc) is 2.63. The Kier molecular flexibility index (Phi) is 4.12. The summed E-state index contributed by atoms with van der Waals surface area (Å²) in [5.41, 5.74) is 0.510. The van der Waals surface area contributed by atoms with Gasteiger partial charge >= 0.3 is 0 Å². The third kappa shape index (κ3) is 3.24. The van der Waals surface area contributed by atoms with Crippen molar-refractivity contribution in [2.45, 2.75) is 6.42 Å². The van der Waals surface area contributed by atoms with Crippen molar-refractivity contribution in [3.8, 4) is 0 Å². The molecule has 1 nitrogen and oxygen atoms in total. The number of carbonyl (C=O) groups excluding carboxylic acids is 1. The summed E-state index contributed by atoms with van der Waals surface area (Å²) in [5.74, 6) is -0.376. The van der Waals surface area contributed by atoms with Crippen molar-refractivity contribution in [1.29, 1.82) is 0 Å². The second kappa shape index (κ2) is 5.42. The van der Waals surface area contributed by atoms with Crippen LogP contribution in [0.1, 0.15) is 15.2 Å². The molecule has 0 aliphatic heterocycles. The summed E-state index contributed by atoms with van der Waals surface area (Å²) < 4.78 is 14.4. The van der Waals surface area contributed by atoms with Crippen LogP contribution in [0.5, 0.6) is 0 Å². The molecule has 5 heteroatoms. The molecule has 2 aromatic rings. The van der Waals surface area contributed by atoms with Crippen LogP contribution in [0.2, 0.25) is 0 Å². The highest BCUT2D eigenvalue weighted by Crippen LogP contribution is 2.25. The Labute approximate surface area is 119 Å². The van der Waals surface area contributed by atoms with Gasteiger partial charge in [0.05, 0.1) is 3.79 Å². The minimum absolute atomic E-state index is 0.0220. The van der Waals surface area contributed by atoms with E-state index in [1.165, 1.54) is 29.5 Å². The fourth-order valence-electron chi connectivity index (χ4n) is 1.42. The fourth-order valence-corrected chi connectivity index (χ4v) is 3.47. The molecule has 0 aliphatic rings. The minimum atomic E-state index is -0.354. The predicted octanol–water partition coefficient (Wildman–Crippen LogP) is 4.84. The summed E-state index contributed by atoms with van der Waals surface area (Å²) in [4.78, 5) is 13.0. The number of Topliss-reactive ketones (excluding diaryl/α,β-unsaturated/α-hetero) is 1. The molecule has 17 heavy (non-hydrogen) atoms. The summed E-state index contributed by atoms with van der Waals surface area (Å²) in [6.07, 6.45) is 0.334. The van der Waals surface area contributed by atoms with Crippen LogP contribution in [0.25, 0.3) is 0 Å². The molecule has 0 spiro atoms. The molecule has 0 amide bonds. The van der Waals surface area contributed by atoms with Crippen molar-refractivity contribution < 1.29 is 9.18 Å². The topological polar surface area (TPSA) is 17.1 Å². The van der Waals surface area contributed by atoms with Crippen molar-refractivity contribution in [2.24, 2.45) is 0 Å². The molecule has 1 heterocycles. The smallest absolute Gasteiger partial charge is 0.169 e. The summed E-state index contributed by atoms with van der Waals surface area (Å²) in [6.45, 7) is 0. The van der Waals surface area contributed by atoms with Crippen LogP contribution in [0.3, 0.4) is 0 Å². The van der Waals surface area contributed by atoms with Crippen LogP contribution in [0.15, 0.2) is 38.6 Å². The number of hydrogen-bond acceptors (Lipinski definition) is 2. The SMILES string of the molecule is O=C(Cc1ccc(Br)s1)c1ccc(F)cc1Br. The normalized spacial score (nSPS) is 10.5. The lowest BCUT2D eigenvalue weighted by Crippen LogP contribution is -2.03. The molecule has 0 atom stereocenters. The van der Waals surface area contributed by atoms with Crippen LogP contribution in [0.4, 0.5) is 4.39 Å². The lowest BCUT2D eigenvalue weighted by molar-refractivity contribution is 0.0993. The zero-order chi connectivity index (χ0) is 12.4. The molecule has 88 valence electrons. The second-order valence-corrected chi connectivity index (χ2v) is 6.83. The number of hydrogen-bond donors (Lipinski definition) is 0. The summed E-state index contributed by atoms with van der Waals surface area (Å²) >= 11 is 8.08. The molecule has 0 aliphatic carbocycles. The van der Waals surface area contributed by atoms with Crippen LogP contribution in [-0.4, -0.2) is 5.78 Å². The predicted molar refractivity (Wildman–Crippen MR) is 74.2 cm³/mol. The summed E-state index contributed by atoms with van der Waals surface area (Å²) in [6, 6.07) is 7.92. The average molecular weight is 378 g/mol. The van der Waals surface area contributed by atoms with Gasteiger partial charge in [-0.2, -0.15) is 0 Å². The monoisotopic (exact) mass is 376 g/mol. The number of carbonyl (C=O) groups is 1. The van der Waals surface area contributed by atoms with Gasteiger partial charge < -0.3 is 0 Å². The lowest BCUT2D eigenvalue weighted by Gasteiger charge is -2.02. The van der Waals surface area contributed by atoms with Gasteiger partial charge in [0.15, 0.2) is 5.78 Å². The van der Waals surface area contributed by atoms with Gasteiger partial charge in [-0.25, -0.2) is 4.39 Å². The fraction of sp³-hybridized carbons (Fsp3) is 0.0833. The van der Waals surface area contributed by atoms with Gasteiger partial charge in [-0.05, 0) is 62.2 Å². The van der Waals surface area contributed by atoms with E-state index in [9.17, 15) is 9.18 Å². The van der Waals surface area contributed by atoms with E-state index < -0.39 is 0 Å². The van der Waals surface area contributed by atoms with Gasteiger partial charge in [0, 0.05) is 21.3 Å². The van der Waals surface area contributed by atoms with Crippen LogP contribution in [-0.2, 0) is 6.42 Å². The lowest BCUT2D eigenvalue weighted by atomic mass is 10.1. The summed E-state index contributed by atoms with van der Waals surface area (Å²) in [5, 5.41) is 0. The number of thiophene rings is 1. The maximum Gasteiger partial charge on any atom is 0.169 e. The molecular formula is C12H7Br2FOS. The van der Waals surface area contributed by atoms with Crippen molar-refractivity contribution in [1.82, 2.24) is 0 Å². The van der Waals surface area contributed by atoms with E-state index in [0.717, 1.165) is 8.66 Å². The van der Waals surface area contributed by atoms with Crippen molar-refractivity contribution in [2.75, 3.05) is 0 Å². The molecule has 1 aromatic carbocycles. The zero-order valence-electron chi connectivity index (χ0n) is 8.54. The van der Waals surface area contributed by atoms with Gasteiger partial charge in [0.2, 0.25) is 0 Å². The number of rotatable bonds is 3. The summed E-state index contributed by atoms with van der Waals surface area (Å²) in [7, 11) is 0. The quantitative estimate of drug-likeness (QED) is 0.699. The van der Waals surface area contributed by atoms with E-state index in [1.807, 2.05) is 12.1 Å². The maximum absolute atomic E-state index is 12.9. The second-order valence-electron chi connectivity index (χ2n) is 3.43. The van der Waals surface area contributed by atoms with Gasteiger partial charge in [-0.15, -0.1) is 11.3 Å². The molecule has 0 unspecified atom stereocenters. The molecule has 0 saturated carbocycles. The largest absolute Gasteiger partial charge is 0.294 e. The van der Waals surface area contributed by atoms with E-state index in [-0.39, 0.29) is 11.6 Å². The minimum Gasteiger partial charge on any atom is -0.294 e. The first-order chi connectivity index (χ1) is 8.06. The van der Waals surface area contributed by atoms with E-state index in [1.54, 1.807) is 0 Å². The highest BCUT2D eigenvalue weighted by atomic mass is 79.9. The Hall–Kier alpha value is -0.520. The van der Waals surface area contributed by atoms with Crippen molar-refractivity contribution >= 4 is 49.0 Å². The molecule has 0 saturated heterocycles. The molecule has 0 radical (unpaired) electrons. The van der Waals surface area contributed by atoms with Crippen LogP contribution >= 0.6 is 43.2 Å². The standard InChI is InChI=1S/C12H7Br2FOS/c13-10-5-7(15)1-3-9(10)11(16)6-8-2-4-12(14)17-8/h1-5H,6H2. The number of halogens is 3. The molecule has 0 bridgehead atoms. The maximum atomic E-state index is 12.9. The van der Waals surface area contributed by atoms with E-state index in [0.29, 0.717) is 16.5 Å². The molecule has 2 rings (SSSR count). The Morgan fingerprint density at radius 2 is 2.00 bits per heavy atom. The third-order valence-electron chi connectivity index (χ3n) is 2.20. The Morgan fingerprint density at radius 1 is 1.24 bits per heavy atom. The van der Waals surface area contributed by atoms with E-state index in [2.05, 4.69) is 31.9 Å².